The summed E-state index contributed by atoms with van der Waals surface area (Å²) >= 11 is 0. The first-order valence-corrected chi connectivity index (χ1v) is 4.49. The second-order valence-corrected chi connectivity index (χ2v) is 4.13. The van der Waals surface area contributed by atoms with Crippen molar-refractivity contribution in [2.24, 2.45) is 0 Å². The van der Waals surface area contributed by atoms with E-state index in [0.29, 0.717) is 0 Å². The topological polar surface area (TPSA) is 46.6 Å². The fraction of sp³-hybridized carbons (Fsp3) is 0.778. The zero-order chi connectivity index (χ0) is 10.6. The van der Waals surface area contributed by atoms with Crippen LogP contribution in [-0.2, 0) is 14.3 Å². The lowest BCUT2D eigenvalue weighted by Gasteiger charge is -2.40. The molecular weight excluding hydrogens is 189 g/mol. The number of alkyl halides is 1. The molecule has 1 saturated carbocycles. The number of halogens is 1. The van der Waals surface area contributed by atoms with Crippen LogP contribution in [-0.4, -0.2) is 41.6 Å². The number of nitrogens with zero attached hydrogens (tertiary/aromatic N) is 1. The molecule has 5 heteroatoms. The number of hydrogen-bond acceptors (Lipinski definition) is 3. The maximum Gasteiger partial charge on any atom is 0.332 e. The Morgan fingerprint density at radius 3 is 2.43 bits per heavy atom. The lowest BCUT2D eigenvalue weighted by Crippen LogP contribution is -2.57. The van der Waals surface area contributed by atoms with Gasteiger partial charge in [0.2, 0.25) is 5.91 Å². The van der Waals surface area contributed by atoms with Gasteiger partial charge in [0, 0.05) is 19.8 Å². The van der Waals surface area contributed by atoms with Crippen LogP contribution in [0.1, 0.15) is 19.8 Å². The Hall–Kier alpha value is -1.13. The van der Waals surface area contributed by atoms with E-state index in [1.807, 2.05) is 0 Å². The van der Waals surface area contributed by atoms with E-state index >= 15 is 0 Å². The van der Waals surface area contributed by atoms with Crippen molar-refractivity contribution in [3.8, 4) is 0 Å². The molecule has 0 spiro atoms. The van der Waals surface area contributed by atoms with Gasteiger partial charge in [0.1, 0.15) is 11.2 Å². The van der Waals surface area contributed by atoms with E-state index in [9.17, 15) is 14.0 Å². The second kappa shape index (κ2) is 2.46. The number of hydrogen-bond donors (Lipinski definition) is 0. The van der Waals surface area contributed by atoms with Crippen molar-refractivity contribution < 1.29 is 18.7 Å². The summed E-state index contributed by atoms with van der Waals surface area (Å²) in [5.41, 5.74) is -2.37. The molecule has 2 heterocycles. The van der Waals surface area contributed by atoms with Crippen LogP contribution in [0.3, 0.4) is 0 Å². The van der Waals surface area contributed by atoms with Gasteiger partial charge in [0.15, 0.2) is 0 Å². The Morgan fingerprint density at radius 1 is 1.43 bits per heavy atom. The SMILES string of the molecule is COC(=O)C12CC(F)(CN1C(C)=O)C2. The molecule has 2 saturated heterocycles. The second-order valence-electron chi connectivity index (χ2n) is 4.13. The maximum atomic E-state index is 13.6. The third-order valence-electron chi connectivity index (χ3n) is 3.12. The van der Waals surface area contributed by atoms with E-state index in [-0.39, 0.29) is 25.3 Å². The van der Waals surface area contributed by atoms with Crippen molar-refractivity contribution in [1.82, 2.24) is 4.90 Å². The van der Waals surface area contributed by atoms with E-state index in [1.165, 1.54) is 18.9 Å². The fourth-order valence-corrected chi connectivity index (χ4v) is 2.59. The normalized spacial score (nSPS) is 39.2. The molecule has 14 heavy (non-hydrogen) atoms. The average molecular weight is 201 g/mol. The lowest BCUT2D eigenvalue weighted by atomic mass is 9.71. The van der Waals surface area contributed by atoms with Crippen LogP contribution in [0.25, 0.3) is 0 Å². The summed E-state index contributed by atoms with van der Waals surface area (Å²) in [6.45, 7) is 1.37. The third-order valence-corrected chi connectivity index (χ3v) is 3.12. The molecule has 4 nitrogen and oxygen atoms in total. The Labute approximate surface area is 81.0 Å². The third kappa shape index (κ3) is 0.923. The van der Waals surface area contributed by atoms with Crippen LogP contribution >= 0.6 is 0 Å². The van der Waals surface area contributed by atoms with Gasteiger partial charge in [0.05, 0.1) is 13.7 Å². The number of carbonyl (C=O) groups excluding carboxylic acids is 2. The molecule has 3 aliphatic rings. The molecule has 2 bridgehead atoms. The van der Waals surface area contributed by atoms with Crippen molar-refractivity contribution in [3.05, 3.63) is 0 Å². The first-order chi connectivity index (χ1) is 6.43. The minimum atomic E-state index is -1.36. The first-order valence-electron chi connectivity index (χ1n) is 4.49. The number of fused-ring (bicyclic) bond motifs is 1. The van der Waals surface area contributed by atoms with Crippen molar-refractivity contribution in [2.45, 2.75) is 31.0 Å². The molecule has 0 unspecified atom stereocenters. The van der Waals surface area contributed by atoms with Crippen molar-refractivity contribution in [1.29, 1.82) is 0 Å². The minimum Gasteiger partial charge on any atom is -0.467 e. The van der Waals surface area contributed by atoms with Gasteiger partial charge >= 0.3 is 5.97 Å². The molecule has 0 aromatic rings. The molecule has 0 aromatic heterocycles. The first kappa shape index (κ1) is 9.43. The van der Waals surface area contributed by atoms with Gasteiger partial charge in [-0.25, -0.2) is 9.18 Å². The average Bonchev–Trinajstić information content (AvgIpc) is 2.52. The van der Waals surface area contributed by atoms with Crippen LogP contribution in [0, 0.1) is 0 Å². The number of esters is 1. The van der Waals surface area contributed by atoms with Crippen LogP contribution in [0.2, 0.25) is 0 Å². The fourth-order valence-electron chi connectivity index (χ4n) is 2.59. The molecule has 0 radical (unpaired) electrons. The summed E-state index contributed by atoms with van der Waals surface area (Å²) in [5, 5.41) is 0. The number of amides is 1. The summed E-state index contributed by atoms with van der Waals surface area (Å²) in [5.74, 6) is -0.772. The van der Waals surface area contributed by atoms with Gasteiger partial charge in [-0.05, 0) is 0 Å². The highest BCUT2D eigenvalue weighted by Crippen LogP contribution is 2.56. The Kier molecular flexibility index (Phi) is 1.66. The Balaban J connectivity index is 2.29. The molecule has 2 aliphatic heterocycles. The molecule has 3 fully saturated rings. The van der Waals surface area contributed by atoms with E-state index in [4.69, 9.17) is 0 Å². The lowest BCUT2D eigenvalue weighted by molar-refractivity contribution is -0.163. The van der Waals surface area contributed by atoms with Gasteiger partial charge in [-0.2, -0.15) is 0 Å². The summed E-state index contributed by atoms with van der Waals surface area (Å²) in [7, 11) is 1.26. The maximum absolute atomic E-state index is 13.6. The molecule has 3 rings (SSSR count). The molecule has 1 aliphatic carbocycles. The Bertz CT molecular complexity index is 309. The monoisotopic (exact) mass is 201 g/mol. The van der Waals surface area contributed by atoms with Crippen LogP contribution in [0.15, 0.2) is 0 Å². The van der Waals surface area contributed by atoms with E-state index in [1.54, 1.807) is 0 Å². The van der Waals surface area contributed by atoms with E-state index in [0.717, 1.165) is 0 Å². The highest BCUT2D eigenvalue weighted by Gasteiger charge is 2.71. The number of carbonyl (C=O) groups is 2. The highest BCUT2D eigenvalue weighted by molar-refractivity contribution is 5.90. The number of ether oxygens (including phenoxy) is 1. The number of methoxy groups -OCH3 is 1. The quantitative estimate of drug-likeness (QED) is 0.572. The van der Waals surface area contributed by atoms with Gasteiger partial charge in [-0.1, -0.05) is 0 Å². The van der Waals surface area contributed by atoms with Crippen LogP contribution in [0.4, 0.5) is 4.39 Å². The summed E-state index contributed by atoms with van der Waals surface area (Å²) in [4.78, 5) is 23.9. The summed E-state index contributed by atoms with van der Waals surface area (Å²) in [6.07, 6.45) is 0.179. The molecule has 1 amide bonds. The molecule has 0 N–H and O–H groups in total. The molecule has 0 atom stereocenters. The Morgan fingerprint density at radius 2 is 2.00 bits per heavy atom. The summed E-state index contributed by atoms with van der Waals surface area (Å²) in [6, 6.07) is 0. The number of rotatable bonds is 1. The zero-order valence-electron chi connectivity index (χ0n) is 8.17. The predicted molar refractivity (Wildman–Crippen MR) is 45.2 cm³/mol. The van der Waals surface area contributed by atoms with Crippen LogP contribution in [0.5, 0.6) is 0 Å². The minimum absolute atomic E-state index is 0.0252. The standard InChI is InChI=1S/C9H12FNO3/c1-6(12)11-5-8(10)3-9(11,4-8)7(13)14-2/h3-5H2,1-2H3. The zero-order valence-corrected chi connectivity index (χ0v) is 8.17. The van der Waals surface area contributed by atoms with E-state index in [2.05, 4.69) is 4.74 Å². The van der Waals surface area contributed by atoms with Crippen LogP contribution < -0.4 is 0 Å². The molecule has 0 aromatic carbocycles. The summed E-state index contributed by atoms with van der Waals surface area (Å²) < 4.78 is 18.2. The van der Waals surface area contributed by atoms with Crippen molar-refractivity contribution in [3.63, 3.8) is 0 Å². The van der Waals surface area contributed by atoms with Gasteiger partial charge < -0.3 is 9.64 Å². The highest BCUT2D eigenvalue weighted by atomic mass is 19.1. The predicted octanol–water partition coefficient (Wildman–Crippen LogP) is 0.262. The van der Waals surface area contributed by atoms with Gasteiger partial charge in [0.25, 0.3) is 0 Å². The molecule has 78 valence electrons. The van der Waals surface area contributed by atoms with Gasteiger partial charge in [-0.15, -0.1) is 0 Å². The van der Waals surface area contributed by atoms with E-state index < -0.39 is 17.2 Å². The van der Waals surface area contributed by atoms with Crippen molar-refractivity contribution in [2.75, 3.05) is 13.7 Å². The van der Waals surface area contributed by atoms with Crippen molar-refractivity contribution >= 4 is 11.9 Å². The van der Waals surface area contributed by atoms with Gasteiger partial charge in [-0.3, -0.25) is 4.79 Å². The smallest absolute Gasteiger partial charge is 0.332 e. The largest absolute Gasteiger partial charge is 0.467 e. The molecular formula is C9H12FNO3.